The Morgan fingerprint density at radius 2 is 1.97 bits per heavy atom. The SMILES string of the molecule is CC[C@@H](C(=O)Nc1cccc(Cl)c1C)n1ncc(-c2ccc(OC)cc2)nc1=O. The van der Waals surface area contributed by atoms with Crippen LogP contribution >= 0.6 is 11.6 Å². The van der Waals surface area contributed by atoms with Crippen LogP contribution in [0.2, 0.25) is 5.02 Å². The molecule has 0 radical (unpaired) electrons. The second-order valence-corrected chi connectivity index (χ2v) is 6.83. The van der Waals surface area contributed by atoms with Gasteiger partial charge in [0.1, 0.15) is 11.8 Å². The quantitative estimate of drug-likeness (QED) is 0.664. The molecular weight excluding hydrogens is 392 g/mol. The molecular formula is C21H21ClN4O3. The third-order valence-corrected chi connectivity index (χ3v) is 5.02. The molecule has 0 spiro atoms. The molecule has 3 rings (SSSR count). The number of nitrogens with zero attached hydrogens (tertiary/aromatic N) is 3. The lowest BCUT2D eigenvalue weighted by Gasteiger charge is -2.17. The van der Waals surface area contributed by atoms with Crippen molar-refractivity contribution in [3.05, 3.63) is 69.7 Å². The summed E-state index contributed by atoms with van der Waals surface area (Å²) >= 11 is 6.11. The number of carbonyl (C=O) groups excluding carboxylic acids is 1. The van der Waals surface area contributed by atoms with Crippen LogP contribution in [0.25, 0.3) is 11.3 Å². The number of hydrogen-bond acceptors (Lipinski definition) is 5. The third kappa shape index (κ3) is 4.46. The van der Waals surface area contributed by atoms with E-state index >= 15 is 0 Å². The van der Waals surface area contributed by atoms with Gasteiger partial charge in [-0.2, -0.15) is 10.1 Å². The van der Waals surface area contributed by atoms with Crippen LogP contribution < -0.4 is 15.7 Å². The number of anilines is 1. The Morgan fingerprint density at radius 3 is 2.59 bits per heavy atom. The van der Waals surface area contributed by atoms with E-state index in [9.17, 15) is 9.59 Å². The first-order valence-electron chi connectivity index (χ1n) is 9.10. The van der Waals surface area contributed by atoms with Crippen molar-refractivity contribution in [3.8, 4) is 17.0 Å². The Hall–Kier alpha value is -3.19. The van der Waals surface area contributed by atoms with Gasteiger partial charge in [-0.25, -0.2) is 9.48 Å². The van der Waals surface area contributed by atoms with Gasteiger partial charge in [-0.3, -0.25) is 4.79 Å². The first-order valence-corrected chi connectivity index (χ1v) is 9.48. The molecule has 29 heavy (non-hydrogen) atoms. The highest BCUT2D eigenvalue weighted by Gasteiger charge is 2.22. The molecule has 7 nitrogen and oxygen atoms in total. The van der Waals surface area contributed by atoms with E-state index in [4.69, 9.17) is 16.3 Å². The smallest absolute Gasteiger partial charge is 0.365 e. The van der Waals surface area contributed by atoms with E-state index in [1.54, 1.807) is 56.5 Å². The van der Waals surface area contributed by atoms with Crippen LogP contribution in [0.3, 0.4) is 0 Å². The maximum Gasteiger partial charge on any atom is 0.365 e. The summed E-state index contributed by atoms with van der Waals surface area (Å²) in [5.41, 5.74) is 1.91. The molecule has 3 aromatic rings. The fourth-order valence-electron chi connectivity index (χ4n) is 2.89. The maximum absolute atomic E-state index is 12.8. The zero-order chi connectivity index (χ0) is 21.0. The number of ether oxygens (including phenoxy) is 1. The summed E-state index contributed by atoms with van der Waals surface area (Å²) in [6.45, 7) is 3.62. The largest absolute Gasteiger partial charge is 0.497 e. The molecule has 8 heteroatoms. The number of aromatic nitrogens is 3. The molecule has 0 aliphatic carbocycles. The summed E-state index contributed by atoms with van der Waals surface area (Å²) in [6.07, 6.45) is 1.85. The third-order valence-electron chi connectivity index (χ3n) is 4.61. The van der Waals surface area contributed by atoms with Gasteiger partial charge in [-0.15, -0.1) is 0 Å². The van der Waals surface area contributed by atoms with Crippen molar-refractivity contribution < 1.29 is 9.53 Å². The minimum absolute atomic E-state index is 0.355. The first kappa shape index (κ1) is 20.5. The number of halogens is 1. The Balaban J connectivity index is 1.86. The van der Waals surface area contributed by atoms with Crippen LogP contribution in [-0.4, -0.2) is 27.8 Å². The molecule has 1 atom stereocenters. The van der Waals surface area contributed by atoms with Crippen molar-refractivity contribution in [1.82, 2.24) is 14.8 Å². The van der Waals surface area contributed by atoms with Crippen LogP contribution in [-0.2, 0) is 4.79 Å². The molecule has 2 aromatic carbocycles. The van der Waals surface area contributed by atoms with Gasteiger partial charge in [0.2, 0.25) is 5.91 Å². The van der Waals surface area contributed by atoms with Gasteiger partial charge < -0.3 is 10.1 Å². The van der Waals surface area contributed by atoms with Gasteiger partial charge >= 0.3 is 5.69 Å². The van der Waals surface area contributed by atoms with Crippen LogP contribution in [0.5, 0.6) is 5.75 Å². The van der Waals surface area contributed by atoms with E-state index < -0.39 is 11.7 Å². The monoisotopic (exact) mass is 412 g/mol. The van der Waals surface area contributed by atoms with Gasteiger partial charge in [0, 0.05) is 16.3 Å². The average molecular weight is 413 g/mol. The van der Waals surface area contributed by atoms with Crippen molar-refractivity contribution in [2.45, 2.75) is 26.3 Å². The van der Waals surface area contributed by atoms with Crippen LogP contribution in [0.15, 0.2) is 53.5 Å². The normalized spacial score (nSPS) is 11.7. The van der Waals surface area contributed by atoms with E-state index in [0.29, 0.717) is 28.6 Å². The van der Waals surface area contributed by atoms with Crippen LogP contribution in [0.4, 0.5) is 5.69 Å². The lowest BCUT2D eigenvalue weighted by atomic mass is 10.1. The van der Waals surface area contributed by atoms with Crippen molar-refractivity contribution in [2.24, 2.45) is 0 Å². The fraction of sp³-hybridized carbons (Fsp3) is 0.238. The second kappa shape index (κ2) is 8.87. The van der Waals surface area contributed by atoms with Crippen molar-refractivity contribution in [2.75, 3.05) is 12.4 Å². The first-order chi connectivity index (χ1) is 13.9. The van der Waals surface area contributed by atoms with Gasteiger partial charge in [-0.1, -0.05) is 24.6 Å². The standard InChI is InChI=1S/C21H21ClN4O3/c1-4-19(20(27)24-17-7-5-6-16(22)13(17)2)26-21(28)25-18(12-23-26)14-8-10-15(29-3)11-9-14/h5-12,19H,4H2,1-3H3,(H,24,27)/t19-/m0/s1. The van der Waals surface area contributed by atoms with Crippen LogP contribution in [0, 0.1) is 6.92 Å². The van der Waals surface area contributed by atoms with E-state index in [1.165, 1.54) is 6.20 Å². The number of methoxy groups -OCH3 is 1. The lowest BCUT2D eigenvalue weighted by molar-refractivity contribution is -0.119. The molecule has 0 unspecified atom stereocenters. The number of benzene rings is 2. The molecule has 1 aromatic heterocycles. The predicted octanol–water partition coefficient (Wildman–Crippen LogP) is 3.87. The Morgan fingerprint density at radius 1 is 1.24 bits per heavy atom. The van der Waals surface area contributed by atoms with Gasteiger partial charge in [0.25, 0.3) is 0 Å². The average Bonchev–Trinajstić information content (AvgIpc) is 2.73. The molecule has 0 aliphatic rings. The minimum atomic E-state index is -0.793. The highest BCUT2D eigenvalue weighted by atomic mass is 35.5. The minimum Gasteiger partial charge on any atom is -0.497 e. The van der Waals surface area contributed by atoms with E-state index in [2.05, 4.69) is 15.4 Å². The lowest BCUT2D eigenvalue weighted by Crippen LogP contribution is -2.36. The topological polar surface area (TPSA) is 86.1 Å². The Bertz CT molecular complexity index is 1080. The van der Waals surface area contributed by atoms with Gasteiger partial charge in [0.15, 0.2) is 0 Å². The van der Waals surface area contributed by atoms with E-state index in [-0.39, 0.29) is 5.91 Å². The predicted molar refractivity (Wildman–Crippen MR) is 112 cm³/mol. The zero-order valence-electron chi connectivity index (χ0n) is 16.3. The Labute approximate surface area is 173 Å². The number of amides is 1. The highest BCUT2D eigenvalue weighted by molar-refractivity contribution is 6.31. The van der Waals surface area contributed by atoms with Crippen molar-refractivity contribution in [3.63, 3.8) is 0 Å². The molecule has 1 heterocycles. The van der Waals surface area contributed by atoms with E-state index in [1.807, 2.05) is 6.92 Å². The van der Waals surface area contributed by atoms with Crippen LogP contribution in [0.1, 0.15) is 24.9 Å². The molecule has 150 valence electrons. The molecule has 0 aliphatic heterocycles. The number of rotatable bonds is 6. The van der Waals surface area contributed by atoms with Crippen molar-refractivity contribution in [1.29, 1.82) is 0 Å². The van der Waals surface area contributed by atoms with Crippen molar-refractivity contribution >= 4 is 23.2 Å². The summed E-state index contributed by atoms with van der Waals surface area (Å²) in [6, 6.07) is 11.6. The molecule has 0 fully saturated rings. The second-order valence-electron chi connectivity index (χ2n) is 6.42. The summed E-state index contributed by atoms with van der Waals surface area (Å²) in [5, 5.41) is 7.57. The Kier molecular flexibility index (Phi) is 6.29. The number of nitrogens with one attached hydrogen (secondary N) is 1. The highest BCUT2D eigenvalue weighted by Crippen LogP contribution is 2.24. The number of hydrogen-bond donors (Lipinski definition) is 1. The fourth-order valence-corrected chi connectivity index (χ4v) is 3.07. The molecule has 1 amide bonds. The van der Waals surface area contributed by atoms with Gasteiger partial charge in [-0.05, 0) is 55.3 Å². The molecule has 1 N–H and O–H groups in total. The number of carbonyl (C=O) groups is 1. The molecule has 0 saturated carbocycles. The zero-order valence-corrected chi connectivity index (χ0v) is 17.1. The molecule has 0 bridgehead atoms. The summed E-state index contributed by atoms with van der Waals surface area (Å²) < 4.78 is 6.23. The summed E-state index contributed by atoms with van der Waals surface area (Å²) in [4.78, 5) is 29.5. The molecule has 0 saturated heterocycles. The van der Waals surface area contributed by atoms with E-state index in [0.717, 1.165) is 15.8 Å². The summed E-state index contributed by atoms with van der Waals surface area (Å²) in [5.74, 6) is 0.348. The summed E-state index contributed by atoms with van der Waals surface area (Å²) in [7, 11) is 1.58. The maximum atomic E-state index is 12.8. The van der Waals surface area contributed by atoms with Gasteiger partial charge in [0.05, 0.1) is 19.0 Å².